The highest BCUT2D eigenvalue weighted by Crippen LogP contribution is 2.34. The van der Waals surface area contributed by atoms with Gasteiger partial charge in [-0.15, -0.1) is 0 Å². The molecule has 1 aliphatic heterocycles. The van der Waals surface area contributed by atoms with Crippen molar-refractivity contribution in [2.45, 2.75) is 17.4 Å². The maximum atomic E-state index is 12.7. The van der Waals surface area contributed by atoms with Crippen molar-refractivity contribution in [2.75, 3.05) is 18.8 Å². The van der Waals surface area contributed by atoms with Gasteiger partial charge in [0.05, 0.1) is 5.75 Å². The van der Waals surface area contributed by atoms with Crippen LogP contribution in [0.5, 0.6) is 0 Å². The third-order valence-corrected chi connectivity index (χ3v) is 7.24. The van der Waals surface area contributed by atoms with Gasteiger partial charge in [0.25, 0.3) is 0 Å². The molecule has 2 aromatic carbocycles. The summed E-state index contributed by atoms with van der Waals surface area (Å²) in [5, 5.41) is 0.383. The summed E-state index contributed by atoms with van der Waals surface area (Å²) in [6, 6.07) is 19.8. The number of nitrogens with zero attached hydrogens (tertiary/aromatic N) is 1. The highest BCUT2D eigenvalue weighted by atomic mass is 32.2. The van der Waals surface area contributed by atoms with Crippen LogP contribution in [-0.4, -0.2) is 31.6 Å². The van der Waals surface area contributed by atoms with Crippen LogP contribution in [0, 0.1) is 0 Å². The Balaban J connectivity index is 1.67. The van der Waals surface area contributed by atoms with E-state index in [2.05, 4.69) is 12.1 Å². The number of sulfonamides is 1. The summed E-state index contributed by atoms with van der Waals surface area (Å²) in [6.07, 6.45) is 0.864. The Morgan fingerprint density at radius 3 is 2.30 bits per heavy atom. The predicted octanol–water partition coefficient (Wildman–Crippen LogP) is 3.70. The number of hydrogen-bond acceptors (Lipinski definition) is 3. The number of benzene rings is 2. The van der Waals surface area contributed by atoms with Gasteiger partial charge in [-0.2, -0.15) is 11.8 Å². The van der Waals surface area contributed by atoms with Crippen molar-refractivity contribution in [2.24, 2.45) is 0 Å². The van der Waals surface area contributed by atoms with E-state index in [1.165, 1.54) is 5.56 Å². The molecule has 2 aromatic rings. The second-order valence-electron chi connectivity index (χ2n) is 5.70. The minimum Gasteiger partial charge on any atom is -0.212 e. The summed E-state index contributed by atoms with van der Waals surface area (Å²) in [5.74, 6) is 0.933. The largest absolute Gasteiger partial charge is 0.218 e. The summed E-state index contributed by atoms with van der Waals surface area (Å²) < 4.78 is 27.0. The van der Waals surface area contributed by atoms with Gasteiger partial charge in [-0.05, 0) is 17.5 Å². The Kier molecular flexibility index (Phi) is 5.41. The van der Waals surface area contributed by atoms with Crippen LogP contribution < -0.4 is 0 Å². The third kappa shape index (κ3) is 4.37. The highest BCUT2D eigenvalue weighted by Gasteiger charge is 2.26. The minimum absolute atomic E-state index is 0.0918. The van der Waals surface area contributed by atoms with Crippen molar-refractivity contribution >= 4 is 21.8 Å². The molecular formula is C18H21NO2S2. The van der Waals surface area contributed by atoms with E-state index in [1.54, 1.807) is 4.31 Å². The van der Waals surface area contributed by atoms with Gasteiger partial charge < -0.3 is 0 Å². The van der Waals surface area contributed by atoms with E-state index >= 15 is 0 Å². The van der Waals surface area contributed by atoms with Crippen molar-refractivity contribution < 1.29 is 8.42 Å². The van der Waals surface area contributed by atoms with Gasteiger partial charge in [-0.1, -0.05) is 60.7 Å². The summed E-state index contributed by atoms with van der Waals surface area (Å²) in [5.41, 5.74) is 2.14. The predicted molar refractivity (Wildman–Crippen MR) is 96.9 cm³/mol. The van der Waals surface area contributed by atoms with E-state index < -0.39 is 10.0 Å². The first-order valence-corrected chi connectivity index (χ1v) is 10.5. The first-order chi connectivity index (χ1) is 11.1. The average molecular weight is 348 g/mol. The average Bonchev–Trinajstić information content (AvgIpc) is 2.83. The second kappa shape index (κ2) is 7.51. The van der Waals surface area contributed by atoms with E-state index in [4.69, 9.17) is 0 Å². The monoisotopic (exact) mass is 347 g/mol. The van der Waals surface area contributed by atoms with Crippen LogP contribution in [0.25, 0.3) is 0 Å². The van der Waals surface area contributed by atoms with Gasteiger partial charge in [-0.3, -0.25) is 0 Å². The van der Waals surface area contributed by atoms with E-state index in [1.807, 2.05) is 60.3 Å². The van der Waals surface area contributed by atoms with Crippen LogP contribution in [0.3, 0.4) is 0 Å². The first-order valence-electron chi connectivity index (χ1n) is 7.83. The molecule has 0 amide bonds. The van der Waals surface area contributed by atoms with E-state index in [9.17, 15) is 8.42 Å². The second-order valence-corrected chi connectivity index (χ2v) is 8.98. The zero-order valence-electron chi connectivity index (χ0n) is 13.0. The van der Waals surface area contributed by atoms with Gasteiger partial charge in [0, 0.05) is 24.1 Å². The molecule has 0 aliphatic carbocycles. The molecule has 0 radical (unpaired) electrons. The fourth-order valence-electron chi connectivity index (χ4n) is 2.84. The molecule has 0 bridgehead atoms. The molecule has 5 heteroatoms. The van der Waals surface area contributed by atoms with Crippen LogP contribution >= 0.6 is 11.8 Å². The summed E-state index contributed by atoms with van der Waals surface area (Å²) >= 11 is 1.86. The van der Waals surface area contributed by atoms with Crippen LogP contribution in [0.1, 0.15) is 22.8 Å². The molecule has 1 heterocycles. The quantitative estimate of drug-likeness (QED) is 0.846. The fraction of sp³-hybridized carbons (Fsp3) is 0.333. The lowest BCUT2D eigenvalue weighted by molar-refractivity contribution is 0.427. The zero-order valence-corrected chi connectivity index (χ0v) is 14.6. The molecule has 1 fully saturated rings. The normalized spacial score (nSPS) is 20.1. The molecule has 1 saturated heterocycles. The van der Waals surface area contributed by atoms with Crippen molar-refractivity contribution in [3.63, 3.8) is 0 Å². The SMILES string of the molecule is O=S(=O)(Cc1ccccc1)N1CCSC(c2ccccc2)CC1. The highest BCUT2D eigenvalue weighted by molar-refractivity contribution is 7.99. The molecule has 23 heavy (non-hydrogen) atoms. The molecule has 1 unspecified atom stereocenters. The van der Waals surface area contributed by atoms with Gasteiger partial charge in [0.15, 0.2) is 0 Å². The third-order valence-electron chi connectivity index (χ3n) is 4.06. The smallest absolute Gasteiger partial charge is 0.212 e. The molecule has 1 atom stereocenters. The lowest BCUT2D eigenvalue weighted by Gasteiger charge is -2.20. The maximum Gasteiger partial charge on any atom is 0.218 e. The number of thioether (sulfide) groups is 1. The van der Waals surface area contributed by atoms with Gasteiger partial charge in [0.1, 0.15) is 0 Å². The van der Waals surface area contributed by atoms with Crippen LogP contribution in [0.15, 0.2) is 60.7 Å². The van der Waals surface area contributed by atoms with E-state index in [0.29, 0.717) is 18.3 Å². The van der Waals surface area contributed by atoms with Crippen LogP contribution in [0.2, 0.25) is 0 Å². The molecule has 1 aliphatic rings. The Morgan fingerprint density at radius 2 is 1.61 bits per heavy atom. The summed E-state index contributed by atoms with van der Waals surface area (Å²) in [7, 11) is -3.25. The Bertz CT molecular complexity index is 717. The Morgan fingerprint density at radius 1 is 0.957 bits per heavy atom. The summed E-state index contributed by atoms with van der Waals surface area (Å²) in [4.78, 5) is 0. The van der Waals surface area contributed by atoms with E-state index in [0.717, 1.165) is 17.7 Å². The van der Waals surface area contributed by atoms with Gasteiger partial charge >= 0.3 is 0 Å². The van der Waals surface area contributed by atoms with Crippen molar-refractivity contribution in [3.05, 3.63) is 71.8 Å². The summed E-state index contributed by atoms with van der Waals surface area (Å²) in [6.45, 7) is 1.20. The van der Waals surface area contributed by atoms with Crippen molar-refractivity contribution in [1.29, 1.82) is 0 Å². The maximum absolute atomic E-state index is 12.7. The minimum atomic E-state index is -3.25. The molecule has 122 valence electrons. The van der Waals surface area contributed by atoms with Crippen molar-refractivity contribution in [1.82, 2.24) is 4.31 Å². The number of hydrogen-bond donors (Lipinski definition) is 0. The molecule has 0 N–H and O–H groups in total. The Labute approximate surface area is 142 Å². The van der Waals surface area contributed by atoms with Gasteiger partial charge in [0.2, 0.25) is 10.0 Å². The van der Waals surface area contributed by atoms with Crippen molar-refractivity contribution in [3.8, 4) is 0 Å². The molecule has 0 spiro atoms. The van der Waals surface area contributed by atoms with Gasteiger partial charge in [-0.25, -0.2) is 12.7 Å². The van der Waals surface area contributed by atoms with E-state index in [-0.39, 0.29) is 5.75 Å². The lowest BCUT2D eigenvalue weighted by Crippen LogP contribution is -2.34. The Hall–Kier alpha value is -1.30. The van der Waals surface area contributed by atoms with Crippen LogP contribution in [-0.2, 0) is 15.8 Å². The molecule has 3 rings (SSSR count). The molecule has 0 saturated carbocycles. The van der Waals surface area contributed by atoms with Crippen LogP contribution in [0.4, 0.5) is 0 Å². The first kappa shape index (κ1) is 16.6. The molecule has 3 nitrogen and oxygen atoms in total. The number of rotatable bonds is 4. The molecular weight excluding hydrogens is 326 g/mol. The zero-order chi connectivity index (χ0) is 16.1. The lowest BCUT2D eigenvalue weighted by atomic mass is 10.1. The fourth-order valence-corrected chi connectivity index (χ4v) is 5.73. The topological polar surface area (TPSA) is 37.4 Å². The molecule has 0 aromatic heterocycles. The standard InChI is InChI=1S/C18H21NO2S2/c20-23(21,15-16-7-3-1-4-8-16)19-12-11-18(22-14-13-19)17-9-5-2-6-10-17/h1-10,18H,11-15H2.